The Morgan fingerprint density at radius 1 is 1.35 bits per heavy atom. The highest BCUT2D eigenvalue weighted by molar-refractivity contribution is 9.10. The summed E-state index contributed by atoms with van der Waals surface area (Å²) in [5.41, 5.74) is 2.51. The number of ether oxygens (including phenoxy) is 1. The molecule has 3 nitrogen and oxygen atoms in total. The smallest absolute Gasteiger partial charge is 0.119 e. The van der Waals surface area contributed by atoms with E-state index in [1.165, 1.54) is 11.3 Å². The summed E-state index contributed by atoms with van der Waals surface area (Å²) in [6, 6.07) is 10.7. The Balaban J connectivity index is 2.24. The highest BCUT2D eigenvalue weighted by atomic mass is 79.9. The summed E-state index contributed by atoms with van der Waals surface area (Å²) in [6.45, 7) is 6.11. The number of methoxy groups -OCH3 is 1. The van der Waals surface area contributed by atoms with Gasteiger partial charge in [-0.2, -0.15) is 0 Å². The molecule has 0 amide bonds. The van der Waals surface area contributed by atoms with Crippen LogP contribution in [0.3, 0.4) is 0 Å². The van der Waals surface area contributed by atoms with Gasteiger partial charge in [0.25, 0.3) is 0 Å². The van der Waals surface area contributed by atoms with Crippen LogP contribution in [0.5, 0.6) is 5.75 Å². The molecular weight excluding hydrogens is 316 g/mol. The van der Waals surface area contributed by atoms with Crippen molar-refractivity contribution >= 4 is 15.9 Å². The first-order valence-corrected chi connectivity index (χ1v) is 7.65. The van der Waals surface area contributed by atoms with E-state index in [1.807, 2.05) is 12.1 Å². The molecule has 0 spiro atoms. The van der Waals surface area contributed by atoms with Crippen LogP contribution in [-0.4, -0.2) is 18.2 Å². The fraction of sp³-hybridized carbons (Fsp3) is 0.375. The molecule has 0 saturated carbocycles. The van der Waals surface area contributed by atoms with Crippen molar-refractivity contribution in [2.24, 2.45) is 0 Å². The minimum absolute atomic E-state index is 0.347. The minimum atomic E-state index is 0.347. The highest BCUT2D eigenvalue weighted by Crippen LogP contribution is 2.24. The molecule has 1 heterocycles. The Hall–Kier alpha value is -1.26. The lowest BCUT2D eigenvalue weighted by atomic mass is 10.2. The summed E-state index contributed by atoms with van der Waals surface area (Å²) in [6.07, 6.45) is 2.12. The molecule has 1 aromatic heterocycles. The van der Waals surface area contributed by atoms with Crippen LogP contribution >= 0.6 is 15.9 Å². The van der Waals surface area contributed by atoms with Gasteiger partial charge in [0.2, 0.25) is 0 Å². The molecule has 0 aliphatic heterocycles. The molecule has 0 aliphatic rings. The second-order valence-corrected chi connectivity index (χ2v) is 5.65. The average Bonchev–Trinajstić information content (AvgIpc) is 2.90. The molecule has 0 radical (unpaired) electrons. The largest absolute Gasteiger partial charge is 0.497 e. The molecule has 4 heteroatoms. The number of aromatic nitrogens is 1. The molecule has 108 valence electrons. The van der Waals surface area contributed by atoms with E-state index in [0.29, 0.717) is 6.04 Å². The van der Waals surface area contributed by atoms with Gasteiger partial charge >= 0.3 is 0 Å². The van der Waals surface area contributed by atoms with Crippen LogP contribution in [0.15, 0.2) is 41.0 Å². The Kier molecular flexibility index (Phi) is 5.26. The number of halogens is 1. The van der Waals surface area contributed by atoms with Crippen LogP contribution in [0, 0.1) is 0 Å². The van der Waals surface area contributed by atoms with Gasteiger partial charge in [-0.25, -0.2) is 0 Å². The zero-order valence-electron chi connectivity index (χ0n) is 12.2. The standard InChI is InChI=1S/C16H21BrN2O/c1-4-18-12(2)16-6-5-9-19(16)11-13-10-14(20-3)7-8-15(13)17/h5-10,12,18H,4,11H2,1-3H3. The molecule has 0 bridgehead atoms. The second-order valence-electron chi connectivity index (χ2n) is 4.80. The third kappa shape index (κ3) is 3.44. The van der Waals surface area contributed by atoms with Gasteiger partial charge in [-0.05, 0) is 49.4 Å². The summed E-state index contributed by atoms with van der Waals surface area (Å²) in [5.74, 6) is 0.886. The van der Waals surface area contributed by atoms with Crippen molar-refractivity contribution in [1.82, 2.24) is 9.88 Å². The summed E-state index contributed by atoms with van der Waals surface area (Å²) in [7, 11) is 1.70. The average molecular weight is 337 g/mol. The summed E-state index contributed by atoms with van der Waals surface area (Å²) < 4.78 is 8.68. The zero-order valence-corrected chi connectivity index (χ0v) is 13.8. The molecule has 1 unspecified atom stereocenters. The van der Waals surface area contributed by atoms with Crippen LogP contribution in [-0.2, 0) is 6.54 Å². The summed E-state index contributed by atoms with van der Waals surface area (Å²) >= 11 is 3.61. The molecule has 0 fully saturated rings. The fourth-order valence-corrected chi connectivity index (χ4v) is 2.73. The lowest BCUT2D eigenvalue weighted by Gasteiger charge is -2.17. The first-order chi connectivity index (χ1) is 9.65. The third-order valence-electron chi connectivity index (χ3n) is 3.41. The number of nitrogens with one attached hydrogen (secondary N) is 1. The van der Waals surface area contributed by atoms with E-state index in [2.05, 4.69) is 64.1 Å². The molecule has 2 aromatic rings. The topological polar surface area (TPSA) is 26.2 Å². The van der Waals surface area contributed by atoms with E-state index >= 15 is 0 Å². The van der Waals surface area contributed by atoms with E-state index in [1.54, 1.807) is 7.11 Å². The van der Waals surface area contributed by atoms with E-state index in [4.69, 9.17) is 4.74 Å². The van der Waals surface area contributed by atoms with Crippen molar-refractivity contribution in [3.05, 3.63) is 52.3 Å². The van der Waals surface area contributed by atoms with Crippen molar-refractivity contribution in [2.45, 2.75) is 26.4 Å². The quantitative estimate of drug-likeness (QED) is 0.863. The van der Waals surface area contributed by atoms with Crippen LogP contribution in [0.4, 0.5) is 0 Å². The van der Waals surface area contributed by atoms with Crippen molar-refractivity contribution in [3.63, 3.8) is 0 Å². The number of benzene rings is 1. The lowest BCUT2D eigenvalue weighted by Crippen LogP contribution is -2.20. The summed E-state index contributed by atoms with van der Waals surface area (Å²) in [5, 5.41) is 3.45. The molecule has 20 heavy (non-hydrogen) atoms. The highest BCUT2D eigenvalue weighted by Gasteiger charge is 2.10. The van der Waals surface area contributed by atoms with E-state index in [0.717, 1.165) is 23.3 Å². The van der Waals surface area contributed by atoms with Crippen LogP contribution in [0.25, 0.3) is 0 Å². The zero-order chi connectivity index (χ0) is 14.5. The monoisotopic (exact) mass is 336 g/mol. The SMILES string of the molecule is CCNC(C)c1cccn1Cc1cc(OC)ccc1Br. The predicted molar refractivity (Wildman–Crippen MR) is 86.3 cm³/mol. The molecule has 1 atom stereocenters. The minimum Gasteiger partial charge on any atom is -0.497 e. The van der Waals surface area contributed by atoms with E-state index in [-0.39, 0.29) is 0 Å². The molecule has 1 N–H and O–H groups in total. The normalized spacial score (nSPS) is 12.4. The van der Waals surface area contributed by atoms with Crippen LogP contribution < -0.4 is 10.1 Å². The lowest BCUT2D eigenvalue weighted by molar-refractivity contribution is 0.414. The number of hydrogen-bond donors (Lipinski definition) is 1. The Morgan fingerprint density at radius 2 is 2.15 bits per heavy atom. The molecule has 0 saturated heterocycles. The van der Waals surface area contributed by atoms with Crippen LogP contribution in [0.1, 0.15) is 31.1 Å². The van der Waals surface area contributed by atoms with Gasteiger partial charge in [-0.15, -0.1) is 0 Å². The van der Waals surface area contributed by atoms with Gasteiger partial charge in [0, 0.05) is 29.0 Å². The van der Waals surface area contributed by atoms with Gasteiger partial charge in [-0.3, -0.25) is 0 Å². The second kappa shape index (κ2) is 6.95. The van der Waals surface area contributed by atoms with E-state index < -0.39 is 0 Å². The number of hydrogen-bond acceptors (Lipinski definition) is 2. The van der Waals surface area contributed by atoms with Crippen molar-refractivity contribution in [2.75, 3.05) is 13.7 Å². The summed E-state index contributed by atoms with van der Waals surface area (Å²) in [4.78, 5) is 0. The number of rotatable bonds is 6. The first kappa shape index (κ1) is 15.1. The predicted octanol–water partition coefficient (Wildman–Crippen LogP) is 3.98. The maximum absolute atomic E-state index is 5.30. The van der Waals surface area contributed by atoms with Gasteiger partial charge in [0.15, 0.2) is 0 Å². The number of nitrogens with zero attached hydrogens (tertiary/aromatic N) is 1. The Bertz CT molecular complexity index is 565. The fourth-order valence-electron chi connectivity index (χ4n) is 2.36. The Morgan fingerprint density at radius 3 is 2.85 bits per heavy atom. The van der Waals surface area contributed by atoms with Crippen molar-refractivity contribution < 1.29 is 4.74 Å². The molecule has 1 aromatic carbocycles. The maximum atomic E-state index is 5.30. The molecule has 0 aliphatic carbocycles. The van der Waals surface area contributed by atoms with Crippen LogP contribution in [0.2, 0.25) is 0 Å². The molecular formula is C16H21BrN2O. The van der Waals surface area contributed by atoms with Crippen molar-refractivity contribution in [1.29, 1.82) is 0 Å². The molecule has 2 rings (SSSR count). The van der Waals surface area contributed by atoms with Crippen molar-refractivity contribution in [3.8, 4) is 5.75 Å². The third-order valence-corrected chi connectivity index (χ3v) is 4.19. The maximum Gasteiger partial charge on any atom is 0.119 e. The van der Waals surface area contributed by atoms with E-state index in [9.17, 15) is 0 Å². The Labute approximate surface area is 129 Å². The van der Waals surface area contributed by atoms with Gasteiger partial charge in [0.1, 0.15) is 5.75 Å². The first-order valence-electron chi connectivity index (χ1n) is 6.86. The van der Waals surface area contributed by atoms with Gasteiger partial charge in [0.05, 0.1) is 7.11 Å². The van der Waals surface area contributed by atoms with Gasteiger partial charge in [-0.1, -0.05) is 22.9 Å². The van der Waals surface area contributed by atoms with Gasteiger partial charge < -0.3 is 14.6 Å².